The molecule has 0 spiro atoms. The molecule has 1 fully saturated rings. The molecule has 0 bridgehead atoms. The van der Waals surface area contributed by atoms with Gasteiger partial charge in [-0.15, -0.1) is 0 Å². The number of carbonyl (C=O) groups excluding carboxylic acids is 2. The molecule has 1 aliphatic rings. The number of Topliss-reactive ketones (excluding diaryl/α,β-unsaturated/α-hetero) is 1. The summed E-state index contributed by atoms with van der Waals surface area (Å²) >= 11 is 0. The number of benzene rings is 1. The number of nitrogens with zero attached hydrogens (tertiary/aromatic N) is 1. The van der Waals surface area contributed by atoms with E-state index in [0.29, 0.717) is 50.3 Å². The normalized spacial score (nSPS) is 17.4. The largest absolute Gasteiger partial charge is 0.494 e. The number of ketones is 1. The molecule has 1 N–H and O–H groups in total. The molecule has 1 aromatic carbocycles. The number of amides is 1. The van der Waals surface area contributed by atoms with E-state index < -0.39 is 11.9 Å². The molecule has 0 aliphatic carbocycles. The molecule has 1 saturated heterocycles. The SMILES string of the molecule is CC(=O)c1ccc(OCCCC(=O)N2CCC[C@H](C(=O)O)C2)cc1. The predicted molar refractivity (Wildman–Crippen MR) is 88.1 cm³/mol. The van der Waals surface area contributed by atoms with E-state index >= 15 is 0 Å². The number of hydrogen-bond donors (Lipinski definition) is 1. The van der Waals surface area contributed by atoms with Gasteiger partial charge in [0.25, 0.3) is 0 Å². The van der Waals surface area contributed by atoms with Gasteiger partial charge in [0.2, 0.25) is 5.91 Å². The van der Waals surface area contributed by atoms with Crippen LogP contribution in [0.25, 0.3) is 0 Å². The number of aliphatic carboxylic acids is 1. The van der Waals surface area contributed by atoms with E-state index in [0.717, 1.165) is 6.42 Å². The van der Waals surface area contributed by atoms with Crippen molar-refractivity contribution in [1.82, 2.24) is 4.90 Å². The third-order valence-electron chi connectivity index (χ3n) is 4.19. The molecule has 6 heteroatoms. The summed E-state index contributed by atoms with van der Waals surface area (Å²) < 4.78 is 5.56. The second-order valence-electron chi connectivity index (χ2n) is 6.05. The maximum Gasteiger partial charge on any atom is 0.308 e. The molecule has 1 heterocycles. The van der Waals surface area contributed by atoms with E-state index in [4.69, 9.17) is 9.84 Å². The van der Waals surface area contributed by atoms with Gasteiger partial charge >= 0.3 is 5.97 Å². The average molecular weight is 333 g/mol. The smallest absolute Gasteiger partial charge is 0.308 e. The van der Waals surface area contributed by atoms with Crippen LogP contribution in [-0.2, 0) is 9.59 Å². The molecule has 0 saturated carbocycles. The quantitative estimate of drug-likeness (QED) is 0.612. The van der Waals surface area contributed by atoms with E-state index in [1.807, 2.05) is 0 Å². The Bertz CT molecular complexity index is 596. The van der Waals surface area contributed by atoms with Crippen molar-refractivity contribution in [3.05, 3.63) is 29.8 Å². The topological polar surface area (TPSA) is 83.9 Å². The van der Waals surface area contributed by atoms with Crippen LogP contribution in [0.15, 0.2) is 24.3 Å². The van der Waals surface area contributed by atoms with E-state index in [1.54, 1.807) is 29.2 Å². The highest BCUT2D eigenvalue weighted by atomic mass is 16.5. The van der Waals surface area contributed by atoms with Crippen molar-refractivity contribution in [3.8, 4) is 5.75 Å². The Kier molecular flexibility index (Phi) is 6.35. The number of hydrogen-bond acceptors (Lipinski definition) is 4. The summed E-state index contributed by atoms with van der Waals surface area (Å²) in [6, 6.07) is 6.90. The van der Waals surface area contributed by atoms with E-state index in [9.17, 15) is 14.4 Å². The molecular formula is C18H23NO5. The summed E-state index contributed by atoms with van der Waals surface area (Å²) in [6.45, 7) is 2.86. The molecule has 24 heavy (non-hydrogen) atoms. The molecule has 0 radical (unpaired) electrons. The average Bonchev–Trinajstić information content (AvgIpc) is 2.59. The summed E-state index contributed by atoms with van der Waals surface area (Å²) in [5.41, 5.74) is 0.635. The maximum absolute atomic E-state index is 12.1. The van der Waals surface area contributed by atoms with Crippen LogP contribution in [0, 0.1) is 5.92 Å². The molecule has 1 atom stereocenters. The van der Waals surface area contributed by atoms with E-state index in [2.05, 4.69) is 0 Å². The Morgan fingerprint density at radius 2 is 1.96 bits per heavy atom. The molecule has 0 aromatic heterocycles. The first-order valence-electron chi connectivity index (χ1n) is 8.21. The lowest BCUT2D eigenvalue weighted by Crippen LogP contribution is -2.42. The monoisotopic (exact) mass is 333 g/mol. The van der Waals surface area contributed by atoms with Crippen LogP contribution in [-0.4, -0.2) is 47.4 Å². The Hall–Kier alpha value is -2.37. The van der Waals surface area contributed by atoms with E-state index in [-0.39, 0.29) is 11.7 Å². The fraction of sp³-hybridized carbons (Fsp3) is 0.500. The van der Waals surface area contributed by atoms with Gasteiger partial charge in [-0.25, -0.2) is 0 Å². The number of piperidine rings is 1. The van der Waals surface area contributed by atoms with Crippen molar-refractivity contribution in [2.45, 2.75) is 32.6 Å². The fourth-order valence-electron chi connectivity index (χ4n) is 2.76. The van der Waals surface area contributed by atoms with Crippen LogP contribution < -0.4 is 4.74 Å². The zero-order chi connectivity index (χ0) is 17.5. The van der Waals surface area contributed by atoms with Crippen LogP contribution in [0.1, 0.15) is 43.0 Å². The van der Waals surface area contributed by atoms with Gasteiger partial charge < -0.3 is 14.7 Å². The van der Waals surface area contributed by atoms with Crippen molar-refractivity contribution < 1.29 is 24.2 Å². The Morgan fingerprint density at radius 1 is 1.25 bits per heavy atom. The van der Waals surface area contributed by atoms with Gasteiger partial charge in [0.1, 0.15) is 5.75 Å². The van der Waals surface area contributed by atoms with Gasteiger partial charge in [-0.1, -0.05) is 0 Å². The molecule has 0 unspecified atom stereocenters. The Balaban J connectivity index is 1.70. The summed E-state index contributed by atoms with van der Waals surface area (Å²) in [5, 5.41) is 9.05. The van der Waals surface area contributed by atoms with Crippen molar-refractivity contribution >= 4 is 17.7 Å². The van der Waals surface area contributed by atoms with Crippen molar-refractivity contribution in [2.24, 2.45) is 5.92 Å². The predicted octanol–water partition coefficient (Wildman–Crippen LogP) is 2.37. The van der Waals surface area contributed by atoms with E-state index in [1.165, 1.54) is 6.92 Å². The van der Waals surface area contributed by atoms with Gasteiger partial charge in [-0.3, -0.25) is 14.4 Å². The van der Waals surface area contributed by atoms with Gasteiger partial charge in [0, 0.05) is 25.1 Å². The number of ether oxygens (including phenoxy) is 1. The summed E-state index contributed by atoms with van der Waals surface area (Å²) in [7, 11) is 0. The molecule has 1 aliphatic heterocycles. The fourth-order valence-corrected chi connectivity index (χ4v) is 2.76. The summed E-state index contributed by atoms with van der Waals surface area (Å²) in [4.78, 5) is 36.0. The highest BCUT2D eigenvalue weighted by Crippen LogP contribution is 2.18. The number of carboxylic acids is 1. The van der Waals surface area contributed by atoms with Gasteiger partial charge in [-0.2, -0.15) is 0 Å². The molecule has 2 rings (SSSR count). The third-order valence-corrected chi connectivity index (χ3v) is 4.19. The minimum absolute atomic E-state index is 0.00773. The number of carboxylic acid groups (broad SMARTS) is 1. The Labute approximate surface area is 141 Å². The standard InChI is InChI=1S/C18H23NO5/c1-13(20)14-6-8-16(9-7-14)24-11-3-5-17(21)19-10-2-4-15(12-19)18(22)23/h6-9,15H,2-5,10-12H2,1H3,(H,22,23)/t15-/m0/s1. The second kappa shape index (κ2) is 8.47. The van der Waals surface area contributed by atoms with Crippen molar-refractivity contribution in [3.63, 3.8) is 0 Å². The van der Waals surface area contributed by atoms with Crippen molar-refractivity contribution in [2.75, 3.05) is 19.7 Å². The molecule has 6 nitrogen and oxygen atoms in total. The van der Waals surface area contributed by atoms with Crippen LogP contribution in [0.2, 0.25) is 0 Å². The van der Waals surface area contributed by atoms with Crippen LogP contribution >= 0.6 is 0 Å². The number of rotatable bonds is 7. The lowest BCUT2D eigenvalue weighted by Gasteiger charge is -2.30. The minimum Gasteiger partial charge on any atom is -0.494 e. The molecule has 130 valence electrons. The zero-order valence-electron chi connectivity index (χ0n) is 13.9. The van der Waals surface area contributed by atoms with Crippen LogP contribution in [0.5, 0.6) is 5.75 Å². The van der Waals surface area contributed by atoms with Crippen molar-refractivity contribution in [1.29, 1.82) is 0 Å². The van der Waals surface area contributed by atoms with Crippen LogP contribution in [0.4, 0.5) is 0 Å². The minimum atomic E-state index is -0.829. The lowest BCUT2D eigenvalue weighted by atomic mass is 9.98. The Morgan fingerprint density at radius 3 is 2.58 bits per heavy atom. The number of carbonyl (C=O) groups is 3. The third kappa shape index (κ3) is 5.08. The summed E-state index contributed by atoms with van der Waals surface area (Å²) in [5.74, 6) is -0.621. The molecule has 1 amide bonds. The van der Waals surface area contributed by atoms with Gasteiger partial charge in [0.15, 0.2) is 5.78 Å². The molecule has 1 aromatic rings. The first-order valence-corrected chi connectivity index (χ1v) is 8.21. The summed E-state index contributed by atoms with van der Waals surface area (Å²) in [6.07, 6.45) is 2.29. The highest BCUT2D eigenvalue weighted by molar-refractivity contribution is 5.94. The molecular weight excluding hydrogens is 310 g/mol. The van der Waals surface area contributed by atoms with Gasteiger partial charge in [0.05, 0.1) is 12.5 Å². The number of likely N-dealkylation sites (tertiary alicyclic amines) is 1. The lowest BCUT2D eigenvalue weighted by molar-refractivity contribution is -0.145. The maximum atomic E-state index is 12.1. The highest BCUT2D eigenvalue weighted by Gasteiger charge is 2.27. The first kappa shape index (κ1) is 18.0. The van der Waals surface area contributed by atoms with Gasteiger partial charge in [-0.05, 0) is 50.5 Å². The van der Waals surface area contributed by atoms with Crippen LogP contribution in [0.3, 0.4) is 0 Å². The first-order chi connectivity index (χ1) is 11.5. The second-order valence-corrected chi connectivity index (χ2v) is 6.05. The zero-order valence-corrected chi connectivity index (χ0v) is 13.9.